The standard InChI is InChI=1S/C17H13F3N2O2/c1-10-2-7-14-13(8-10)21-16(17(18,19)20)22(14)9-11-3-5-12(6-4-11)15(23)24/h2-8H,9H2,1H3,(H,23,24). The van der Waals surface area contributed by atoms with Crippen molar-refractivity contribution in [1.82, 2.24) is 9.55 Å². The molecule has 2 aromatic carbocycles. The summed E-state index contributed by atoms with van der Waals surface area (Å²) in [6.45, 7) is 1.74. The molecule has 0 radical (unpaired) electrons. The summed E-state index contributed by atoms with van der Waals surface area (Å²) in [5.74, 6) is -2.05. The first-order valence-corrected chi connectivity index (χ1v) is 7.12. The van der Waals surface area contributed by atoms with Crippen LogP contribution in [0.4, 0.5) is 13.2 Å². The lowest BCUT2D eigenvalue weighted by Crippen LogP contribution is -2.15. The lowest BCUT2D eigenvalue weighted by molar-refractivity contribution is -0.146. The number of alkyl halides is 3. The van der Waals surface area contributed by atoms with Gasteiger partial charge in [-0.15, -0.1) is 0 Å². The number of nitrogens with zero attached hydrogens (tertiary/aromatic N) is 2. The van der Waals surface area contributed by atoms with Gasteiger partial charge in [0.25, 0.3) is 0 Å². The number of aryl methyl sites for hydroxylation is 1. The fourth-order valence-electron chi connectivity index (χ4n) is 2.55. The first-order valence-electron chi connectivity index (χ1n) is 7.12. The van der Waals surface area contributed by atoms with E-state index in [1.165, 1.54) is 24.3 Å². The molecular weight excluding hydrogens is 321 g/mol. The van der Waals surface area contributed by atoms with Crippen LogP contribution in [-0.2, 0) is 12.7 Å². The van der Waals surface area contributed by atoms with E-state index >= 15 is 0 Å². The lowest BCUT2D eigenvalue weighted by Gasteiger charge is -2.11. The summed E-state index contributed by atoms with van der Waals surface area (Å²) >= 11 is 0. The highest BCUT2D eigenvalue weighted by atomic mass is 19.4. The number of halogens is 3. The van der Waals surface area contributed by atoms with Crippen LogP contribution in [0.2, 0.25) is 0 Å². The third-order valence-corrected chi connectivity index (χ3v) is 3.70. The molecule has 7 heteroatoms. The molecule has 3 rings (SSSR count). The van der Waals surface area contributed by atoms with Crippen molar-refractivity contribution in [2.24, 2.45) is 0 Å². The normalized spacial score (nSPS) is 11.8. The molecule has 0 aliphatic heterocycles. The van der Waals surface area contributed by atoms with Gasteiger partial charge in [-0.25, -0.2) is 9.78 Å². The molecule has 24 heavy (non-hydrogen) atoms. The molecule has 0 atom stereocenters. The van der Waals surface area contributed by atoms with Crippen LogP contribution >= 0.6 is 0 Å². The fourth-order valence-corrected chi connectivity index (χ4v) is 2.55. The van der Waals surface area contributed by atoms with E-state index in [1.54, 1.807) is 25.1 Å². The first-order chi connectivity index (χ1) is 11.3. The minimum absolute atomic E-state index is 0.0473. The number of aromatic carboxylic acids is 1. The molecule has 0 spiro atoms. The largest absolute Gasteiger partial charge is 0.478 e. The van der Waals surface area contributed by atoms with Gasteiger partial charge in [0.05, 0.1) is 16.6 Å². The van der Waals surface area contributed by atoms with Crippen LogP contribution in [0.1, 0.15) is 27.3 Å². The number of carboxylic acids is 1. The summed E-state index contributed by atoms with van der Waals surface area (Å²) in [5, 5.41) is 8.89. The van der Waals surface area contributed by atoms with Crippen molar-refractivity contribution < 1.29 is 23.1 Å². The zero-order chi connectivity index (χ0) is 17.5. The van der Waals surface area contributed by atoms with Gasteiger partial charge < -0.3 is 9.67 Å². The van der Waals surface area contributed by atoms with Crippen LogP contribution in [0, 0.1) is 6.92 Å². The fraction of sp³-hybridized carbons (Fsp3) is 0.176. The molecule has 0 amide bonds. The van der Waals surface area contributed by atoms with Crippen LogP contribution in [0.25, 0.3) is 11.0 Å². The number of hydrogen-bond donors (Lipinski definition) is 1. The Kier molecular flexibility index (Phi) is 3.79. The molecule has 0 unspecified atom stereocenters. The van der Waals surface area contributed by atoms with Crippen LogP contribution < -0.4 is 0 Å². The van der Waals surface area contributed by atoms with E-state index in [2.05, 4.69) is 4.98 Å². The number of imidazole rings is 1. The third kappa shape index (κ3) is 2.97. The third-order valence-electron chi connectivity index (χ3n) is 3.70. The van der Waals surface area contributed by atoms with Crippen LogP contribution in [-0.4, -0.2) is 20.6 Å². The molecule has 0 aliphatic carbocycles. The van der Waals surface area contributed by atoms with Crippen molar-refractivity contribution in [3.05, 3.63) is 65.0 Å². The van der Waals surface area contributed by atoms with E-state index in [4.69, 9.17) is 5.11 Å². The highest BCUT2D eigenvalue weighted by Crippen LogP contribution is 2.32. The van der Waals surface area contributed by atoms with Crippen molar-refractivity contribution in [2.75, 3.05) is 0 Å². The Labute approximate surface area is 135 Å². The Morgan fingerprint density at radius 1 is 1.17 bits per heavy atom. The predicted octanol–water partition coefficient (Wildman–Crippen LogP) is 4.11. The molecular formula is C17H13F3N2O2. The van der Waals surface area contributed by atoms with E-state index < -0.39 is 18.0 Å². The predicted molar refractivity (Wildman–Crippen MR) is 82.0 cm³/mol. The van der Waals surface area contributed by atoms with Crippen molar-refractivity contribution in [3.8, 4) is 0 Å². The number of fused-ring (bicyclic) bond motifs is 1. The van der Waals surface area contributed by atoms with Gasteiger partial charge in [0.2, 0.25) is 5.82 Å². The monoisotopic (exact) mass is 334 g/mol. The molecule has 0 aliphatic rings. The average Bonchev–Trinajstić information content (AvgIpc) is 2.85. The highest BCUT2D eigenvalue weighted by Gasteiger charge is 2.37. The summed E-state index contributed by atoms with van der Waals surface area (Å²) < 4.78 is 41.0. The van der Waals surface area contributed by atoms with E-state index in [0.29, 0.717) is 11.1 Å². The maximum absolute atomic E-state index is 13.3. The van der Waals surface area contributed by atoms with Gasteiger partial charge in [-0.1, -0.05) is 18.2 Å². The molecule has 0 saturated heterocycles. The van der Waals surface area contributed by atoms with Gasteiger partial charge in [0, 0.05) is 6.54 Å². The van der Waals surface area contributed by atoms with Gasteiger partial charge in [-0.3, -0.25) is 0 Å². The number of carbonyl (C=O) groups is 1. The Balaban J connectivity index is 2.08. The Hall–Kier alpha value is -2.83. The molecule has 1 aromatic heterocycles. The van der Waals surface area contributed by atoms with E-state index in [-0.39, 0.29) is 17.6 Å². The summed E-state index contributed by atoms with van der Waals surface area (Å²) in [5.41, 5.74) is 2.14. The Morgan fingerprint density at radius 3 is 2.42 bits per heavy atom. The molecule has 4 nitrogen and oxygen atoms in total. The first kappa shape index (κ1) is 16.0. The van der Waals surface area contributed by atoms with Gasteiger partial charge in [0.1, 0.15) is 0 Å². The SMILES string of the molecule is Cc1ccc2c(c1)nc(C(F)(F)F)n2Cc1ccc(C(=O)O)cc1. The second kappa shape index (κ2) is 5.67. The number of rotatable bonds is 3. The minimum atomic E-state index is -4.58. The quantitative estimate of drug-likeness (QED) is 0.784. The summed E-state index contributed by atoms with van der Waals surface area (Å²) in [6.07, 6.45) is -4.58. The van der Waals surface area contributed by atoms with Crippen molar-refractivity contribution in [1.29, 1.82) is 0 Å². The summed E-state index contributed by atoms with van der Waals surface area (Å²) in [4.78, 5) is 14.6. The number of carboxylic acid groups (broad SMARTS) is 1. The zero-order valence-corrected chi connectivity index (χ0v) is 12.6. The summed E-state index contributed by atoms with van der Waals surface area (Å²) in [7, 11) is 0. The van der Waals surface area contributed by atoms with Gasteiger partial charge in [-0.05, 0) is 42.3 Å². The second-order valence-corrected chi connectivity index (χ2v) is 5.51. The van der Waals surface area contributed by atoms with Gasteiger partial charge >= 0.3 is 12.1 Å². The highest BCUT2D eigenvalue weighted by molar-refractivity contribution is 5.87. The minimum Gasteiger partial charge on any atom is -0.478 e. The smallest absolute Gasteiger partial charge is 0.449 e. The lowest BCUT2D eigenvalue weighted by atomic mass is 10.1. The average molecular weight is 334 g/mol. The van der Waals surface area contributed by atoms with Crippen LogP contribution in [0.5, 0.6) is 0 Å². The van der Waals surface area contributed by atoms with Crippen molar-refractivity contribution >= 4 is 17.0 Å². The molecule has 0 bridgehead atoms. The number of hydrogen-bond acceptors (Lipinski definition) is 2. The maximum atomic E-state index is 13.3. The van der Waals surface area contributed by atoms with E-state index in [0.717, 1.165) is 10.1 Å². The van der Waals surface area contributed by atoms with Crippen molar-refractivity contribution in [3.63, 3.8) is 0 Å². The van der Waals surface area contributed by atoms with Gasteiger partial charge in [0.15, 0.2) is 0 Å². The Bertz CT molecular complexity index is 912. The maximum Gasteiger partial charge on any atom is 0.449 e. The molecule has 3 aromatic rings. The molecule has 0 saturated carbocycles. The summed E-state index contributed by atoms with van der Waals surface area (Å²) in [6, 6.07) is 10.7. The van der Waals surface area contributed by atoms with E-state index in [9.17, 15) is 18.0 Å². The second-order valence-electron chi connectivity index (χ2n) is 5.51. The van der Waals surface area contributed by atoms with Crippen molar-refractivity contribution in [2.45, 2.75) is 19.6 Å². The van der Waals surface area contributed by atoms with E-state index in [1.807, 2.05) is 0 Å². The molecule has 1 heterocycles. The molecule has 124 valence electrons. The van der Waals surface area contributed by atoms with Gasteiger partial charge in [-0.2, -0.15) is 13.2 Å². The number of benzene rings is 2. The molecule has 1 N–H and O–H groups in total. The zero-order valence-electron chi connectivity index (χ0n) is 12.6. The molecule has 0 fully saturated rings. The van der Waals surface area contributed by atoms with Crippen LogP contribution in [0.15, 0.2) is 42.5 Å². The number of aromatic nitrogens is 2. The Morgan fingerprint density at radius 2 is 1.83 bits per heavy atom. The van der Waals surface area contributed by atoms with Crippen LogP contribution in [0.3, 0.4) is 0 Å². The topological polar surface area (TPSA) is 55.1 Å².